The molecule has 1 aromatic heterocycles. The second kappa shape index (κ2) is 5.92. The zero-order valence-electron chi connectivity index (χ0n) is 13.2. The number of para-hydroxylation sites is 1. The zero-order valence-corrected chi connectivity index (χ0v) is 13.2. The van der Waals surface area contributed by atoms with Crippen LogP contribution in [0.25, 0.3) is 22.3 Å². The third-order valence-electron chi connectivity index (χ3n) is 4.47. The standard InChI is InChI=1S/C19H18N4O/c20-17(24)16-11-6-12-23(16)19-14-9-4-5-10-15(14)21-18(22-19)13-7-2-1-3-8-13/h1-5,7-10,16H,6,11-12H2,(H2,20,24). The largest absolute Gasteiger partial charge is 0.368 e. The highest BCUT2D eigenvalue weighted by molar-refractivity contribution is 5.94. The molecule has 1 amide bonds. The van der Waals surface area contributed by atoms with E-state index >= 15 is 0 Å². The van der Waals surface area contributed by atoms with E-state index in [1.807, 2.05) is 59.5 Å². The maximum Gasteiger partial charge on any atom is 0.240 e. The minimum Gasteiger partial charge on any atom is -0.368 e. The van der Waals surface area contributed by atoms with E-state index in [2.05, 4.69) is 0 Å². The van der Waals surface area contributed by atoms with Gasteiger partial charge in [-0.15, -0.1) is 0 Å². The first kappa shape index (κ1) is 14.6. The molecule has 5 heteroatoms. The molecule has 0 bridgehead atoms. The lowest BCUT2D eigenvalue weighted by Gasteiger charge is -2.25. The van der Waals surface area contributed by atoms with Crippen LogP contribution in [0.4, 0.5) is 5.82 Å². The number of fused-ring (bicyclic) bond motifs is 1. The molecular weight excluding hydrogens is 300 g/mol. The number of hydrogen-bond acceptors (Lipinski definition) is 4. The Labute approximate surface area is 140 Å². The number of nitrogens with two attached hydrogens (primary N) is 1. The van der Waals surface area contributed by atoms with Crippen LogP contribution in [0.5, 0.6) is 0 Å². The predicted octanol–water partition coefficient (Wildman–Crippen LogP) is 2.75. The maximum atomic E-state index is 11.8. The summed E-state index contributed by atoms with van der Waals surface area (Å²) in [6.45, 7) is 0.781. The third kappa shape index (κ3) is 2.48. The number of hydrogen-bond donors (Lipinski definition) is 1. The second-order valence-electron chi connectivity index (χ2n) is 6.01. The van der Waals surface area contributed by atoms with Crippen LogP contribution >= 0.6 is 0 Å². The second-order valence-corrected chi connectivity index (χ2v) is 6.01. The van der Waals surface area contributed by atoms with Gasteiger partial charge in [0.2, 0.25) is 5.91 Å². The van der Waals surface area contributed by atoms with E-state index in [1.54, 1.807) is 0 Å². The summed E-state index contributed by atoms with van der Waals surface area (Å²) in [5.74, 6) is 1.16. The zero-order chi connectivity index (χ0) is 16.5. The van der Waals surface area contributed by atoms with Gasteiger partial charge in [0.1, 0.15) is 11.9 Å². The van der Waals surface area contributed by atoms with Crippen molar-refractivity contribution in [1.82, 2.24) is 9.97 Å². The number of amides is 1. The highest BCUT2D eigenvalue weighted by atomic mass is 16.1. The first-order valence-electron chi connectivity index (χ1n) is 8.12. The van der Waals surface area contributed by atoms with Crippen LogP contribution in [-0.4, -0.2) is 28.5 Å². The Balaban J connectivity index is 1.92. The number of aromatic nitrogens is 2. The van der Waals surface area contributed by atoms with Gasteiger partial charge in [0.05, 0.1) is 5.52 Å². The Hall–Kier alpha value is -2.95. The van der Waals surface area contributed by atoms with Gasteiger partial charge in [0, 0.05) is 17.5 Å². The first-order valence-corrected chi connectivity index (χ1v) is 8.12. The molecule has 3 aromatic rings. The molecule has 1 unspecified atom stereocenters. The van der Waals surface area contributed by atoms with Crippen LogP contribution in [-0.2, 0) is 4.79 Å². The summed E-state index contributed by atoms with van der Waals surface area (Å²) < 4.78 is 0. The average molecular weight is 318 g/mol. The van der Waals surface area contributed by atoms with Crippen LogP contribution in [0, 0.1) is 0 Å². The van der Waals surface area contributed by atoms with Crippen LogP contribution in [0.1, 0.15) is 12.8 Å². The van der Waals surface area contributed by atoms with E-state index < -0.39 is 0 Å². The van der Waals surface area contributed by atoms with E-state index in [0.717, 1.165) is 41.7 Å². The summed E-state index contributed by atoms with van der Waals surface area (Å²) in [5.41, 5.74) is 7.42. The lowest BCUT2D eigenvalue weighted by molar-refractivity contribution is -0.119. The van der Waals surface area contributed by atoms with Crippen molar-refractivity contribution < 1.29 is 4.79 Å². The smallest absolute Gasteiger partial charge is 0.240 e. The minimum atomic E-state index is -0.299. The highest BCUT2D eigenvalue weighted by Gasteiger charge is 2.31. The van der Waals surface area contributed by atoms with Crippen LogP contribution in [0.15, 0.2) is 54.6 Å². The Morgan fingerprint density at radius 1 is 1.04 bits per heavy atom. The van der Waals surface area contributed by atoms with Crippen molar-refractivity contribution in [2.75, 3.05) is 11.4 Å². The van der Waals surface area contributed by atoms with Crippen LogP contribution in [0.3, 0.4) is 0 Å². The number of benzene rings is 2. The van der Waals surface area contributed by atoms with Crippen molar-refractivity contribution >= 4 is 22.6 Å². The molecule has 1 aliphatic heterocycles. The summed E-state index contributed by atoms with van der Waals surface area (Å²) in [6.07, 6.45) is 1.71. The quantitative estimate of drug-likeness (QED) is 0.806. The fourth-order valence-electron chi connectivity index (χ4n) is 3.31. The average Bonchev–Trinajstić information content (AvgIpc) is 3.11. The van der Waals surface area contributed by atoms with Gasteiger partial charge in [-0.1, -0.05) is 42.5 Å². The van der Waals surface area contributed by atoms with Gasteiger partial charge in [0.25, 0.3) is 0 Å². The molecular formula is C19H18N4O. The Kier molecular flexibility index (Phi) is 3.61. The molecule has 2 aromatic carbocycles. The van der Waals surface area contributed by atoms with Crippen molar-refractivity contribution in [3.63, 3.8) is 0 Å². The molecule has 0 saturated carbocycles. The number of anilines is 1. The van der Waals surface area contributed by atoms with Gasteiger partial charge >= 0.3 is 0 Å². The SMILES string of the molecule is NC(=O)C1CCCN1c1nc(-c2ccccc2)nc2ccccc12. The molecule has 1 atom stereocenters. The molecule has 4 rings (SSSR count). The van der Waals surface area contributed by atoms with Gasteiger partial charge in [-0.25, -0.2) is 9.97 Å². The van der Waals surface area contributed by atoms with Gasteiger partial charge in [-0.2, -0.15) is 0 Å². The van der Waals surface area contributed by atoms with Gasteiger partial charge < -0.3 is 10.6 Å². The van der Waals surface area contributed by atoms with E-state index in [0.29, 0.717) is 5.82 Å². The minimum absolute atomic E-state index is 0.295. The summed E-state index contributed by atoms with van der Waals surface area (Å²) in [7, 11) is 0. The molecule has 2 heterocycles. The Bertz CT molecular complexity index is 894. The van der Waals surface area contributed by atoms with Crippen molar-refractivity contribution in [3.05, 3.63) is 54.6 Å². The molecule has 2 N–H and O–H groups in total. The van der Waals surface area contributed by atoms with Gasteiger partial charge in [-0.3, -0.25) is 4.79 Å². The number of carbonyl (C=O) groups excluding carboxylic acids is 1. The topological polar surface area (TPSA) is 72.1 Å². The molecule has 1 aliphatic rings. The van der Waals surface area contributed by atoms with E-state index in [1.165, 1.54) is 0 Å². The van der Waals surface area contributed by atoms with Crippen molar-refractivity contribution in [2.45, 2.75) is 18.9 Å². The number of nitrogens with zero attached hydrogens (tertiary/aromatic N) is 3. The Morgan fingerprint density at radius 3 is 2.58 bits per heavy atom. The summed E-state index contributed by atoms with van der Waals surface area (Å²) in [4.78, 5) is 23.3. The number of carbonyl (C=O) groups is 1. The normalized spacial score (nSPS) is 17.3. The molecule has 0 aliphatic carbocycles. The van der Waals surface area contributed by atoms with E-state index in [4.69, 9.17) is 15.7 Å². The molecule has 5 nitrogen and oxygen atoms in total. The lowest BCUT2D eigenvalue weighted by atomic mass is 10.1. The van der Waals surface area contributed by atoms with E-state index in [-0.39, 0.29) is 11.9 Å². The van der Waals surface area contributed by atoms with Gasteiger partial charge in [0.15, 0.2) is 5.82 Å². The highest BCUT2D eigenvalue weighted by Crippen LogP contribution is 2.32. The molecule has 0 radical (unpaired) electrons. The van der Waals surface area contributed by atoms with Crippen molar-refractivity contribution in [3.8, 4) is 11.4 Å². The van der Waals surface area contributed by atoms with Crippen molar-refractivity contribution in [1.29, 1.82) is 0 Å². The molecule has 24 heavy (non-hydrogen) atoms. The van der Waals surface area contributed by atoms with Crippen molar-refractivity contribution in [2.24, 2.45) is 5.73 Å². The van der Waals surface area contributed by atoms with E-state index in [9.17, 15) is 4.79 Å². The summed E-state index contributed by atoms with van der Waals surface area (Å²) in [5, 5.41) is 0.949. The number of rotatable bonds is 3. The molecule has 120 valence electrons. The maximum absolute atomic E-state index is 11.8. The van der Waals surface area contributed by atoms with Gasteiger partial charge in [-0.05, 0) is 25.0 Å². The number of primary amides is 1. The first-order chi connectivity index (χ1) is 11.7. The monoisotopic (exact) mass is 318 g/mol. The lowest BCUT2D eigenvalue weighted by Crippen LogP contribution is -2.40. The fourth-order valence-corrected chi connectivity index (χ4v) is 3.31. The molecule has 0 spiro atoms. The fraction of sp³-hybridized carbons (Fsp3) is 0.211. The molecule has 1 saturated heterocycles. The summed E-state index contributed by atoms with van der Waals surface area (Å²) in [6, 6.07) is 17.5. The Morgan fingerprint density at radius 2 is 1.79 bits per heavy atom. The summed E-state index contributed by atoms with van der Waals surface area (Å²) >= 11 is 0. The third-order valence-corrected chi connectivity index (χ3v) is 4.47. The van der Waals surface area contributed by atoms with Crippen LogP contribution in [0.2, 0.25) is 0 Å². The molecule has 1 fully saturated rings. The predicted molar refractivity (Wildman–Crippen MR) is 94.5 cm³/mol. The van der Waals surface area contributed by atoms with Crippen LogP contribution < -0.4 is 10.6 Å².